The van der Waals surface area contributed by atoms with Gasteiger partial charge in [-0.15, -0.1) is 0 Å². The number of carbonyl (C=O) groups excluding carboxylic acids is 1. The summed E-state index contributed by atoms with van der Waals surface area (Å²) in [7, 11) is 1.97. The van der Waals surface area contributed by atoms with Crippen molar-refractivity contribution in [2.75, 3.05) is 45.2 Å². The quantitative estimate of drug-likeness (QED) is 0.113. The summed E-state index contributed by atoms with van der Waals surface area (Å²) in [5, 5.41) is 14.5. The first-order valence-corrected chi connectivity index (χ1v) is 17.9. The Hall–Kier alpha value is -3.01. The Morgan fingerprint density at radius 1 is 1.15 bits per heavy atom. The number of ether oxygens (including phenoxy) is 1. The largest absolute Gasteiger partial charge is 0.493 e. The molecule has 1 aromatic carbocycles. The standard InChI is InChI=1S/C36H48ClN5O3S/c1-4-10-27(24-38-31(5-2)42-20-16-36(17-21-42)18-22-45-25-36)46-30-14-9-13-29(33(30)37)39-34(43)28(23-26-11-8-12-26)35(44)40-32-15-6-7-19-41(32)3/h5,9-10,13-14,23-24,44H,4,6-8,11-12,15-22,25H2,1-3H3,(H,39,43)/b27-10-,31-5+,35-28-,38-24-,40-32-. The van der Waals surface area contributed by atoms with E-state index in [1.807, 2.05) is 37.2 Å². The first-order valence-electron chi connectivity index (χ1n) is 16.7. The van der Waals surface area contributed by atoms with Crippen LogP contribution in [0.4, 0.5) is 5.69 Å². The third kappa shape index (κ3) is 8.66. The molecule has 46 heavy (non-hydrogen) atoms. The number of amidine groups is 1. The second kappa shape index (κ2) is 16.2. The molecule has 1 saturated carbocycles. The monoisotopic (exact) mass is 665 g/mol. The van der Waals surface area contributed by atoms with Gasteiger partial charge in [-0.3, -0.25) is 4.79 Å². The molecule has 248 valence electrons. The van der Waals surface area contributed by atoms with Gasteiger partial charge in [-0.1, -0.05) is 48.0 Å². The van der Waals surface area contributed by atoms with Crippen molar-refractivity contribution in [3.05, 3.63) is 69.2 Å². The molecule has 8 nitrogen and oxygen atoms in total. The summed E-state index contributed by atoms with van der Waals surface area (Å²) in [6.45, 7) is 8.77. The number of amides is 1. The summed E-state index contributed by atoms with van der Waals surface area (Å²) >= 11 is 8.43. The van der Waals surface area contributed by atoms with Gasteiger partial charge in [0.25, 0.3) is 5.91 Å². The number of thioether (sulfide) groups is 1. The highest BCUT2D eigenvalue weighted by Crippen LogP contribution is 2.40. The highest BCUT2D eigenvalue weighted by Gasteiger charge is 2.38. The van der Waals surface area contributed by atoms with Crippen molar-refractivity contribution < 1.29 is 14.6 Å². The van der Waals surface area contributed by atoms with Crippen LogP contribution >= 0.6 is 23.4 Å². The lowest BCUT2D eigenvalue weighted by atomic mass is 9.78. The number of hydrogen-bond acceptors (Lipinski definition) is 7. The molecule has 10 heteroatoms. The zero-order valence-electron chi connectivity index (χ0n) is 27.5. The van der Waals surface area contributed by atoms with Crippen LogP contribution in [0.15, 0.2) is 79.1 Å². The lowest BCUT2D eigenvalue weighted by Crippen LogP contribution is -2.39. The Kier molecular flexibility index (Phi) is 12.1. The number of anilines is 1. The molecule has 0 atom stereocenters. The molecule has 0 bridgehead atoms. The van der Waals surface area contributed by atoms with Crippen LogP contribution in [-0.4, -0.2) is 72.8 Å². The van der Waals surface area contributed by atoms with Crippen LogP contribution in [0.5, 0.6) is 0 Å². The third-order valence-corrected chi connectivity index (χ3v) is 11.0. The van der Waals surface area contributed by atoms with Gasteiger partial charge in [0, 0.05) is 55.7 Å². The summed E-state index contributed by atoms with van der Waals surface area (Å²) < 4.78 is 5.71. The first kappa shape index (κ1) is 34.3. The van der Waals surface area contributed by atoms with E-state index in [1.54, 1.807) is 12.1 Å². The number of piperidine rings is 2. The van der Waals surface area contributed by atoms with Crippen LogP contribution in [-0.2, 0) is 9.53 Å². The smallest absolute Gasteiger partial charge is 0.261 e. The maximum atomic E-state index is 13.6. The minimum absolute atomic E-state index is 0.164. The van der Waals surface area contributed by atoms with E-state index in [2.05, 4.69) is 34.3 Å². The molecule has 3 saturated heterocycles. The number of aliphatic hydroxyl groups is 1. The number of nitrogens with one attached hydrogen (secondary N) is 1. The van der Waals surface area contributed by atoms with E-state index < -0.39 is 5.91 Å². The van der Waals surface area contributed by atoms with Crippen molar-refractivity contribution in [3.8, 4) is 0 Å². The number of allylic oxidation sites excluding steroid dienone is 4. The zero-order chi connectivity index (χ0) is 32.5. The molecule has 2 N–H and O–H groups in total. The van der Waals surface area contributed by atoms with E-state index in [0.29, 0.717) is 16.1 Å². The summed E-state index contributed by atoms with van der Waals surface area (Å²) in [5.41, 5.74) is 2.13. The van der Waals surface area contributed by atoms with E-state index >= 15 is 0 Å². The molecule has 0 aromatic heterocycles. The molecule has 0 radical (unpaired) electrons. The molecule has 3 heterocycles. The van der Waals surface area contributed by atoms with E-state index in [0.717, 1.165) is 118 Å². The van der Waals surface area contributed by atoms with Crippen LogP contribution in [0.25, 0.3) is 0 Å². The van der Waals surface area contributed by atoms with Gasteiger partial charge in [0.15, 0.2) is 0 Å². The third-order valence-electron chi connectivity index (χ3n) is 9.41. The number of halogens is 1. The summed E-state index contributed by atoms with van der Waals surface area (Å²) in [6, 6.07) is 5.60. The fraction of sp³-hybridized carbons (Fsp3) is 0.528. The minimum atomic E-state index is -0.431. The molecule has 3 aliphatic heterocycles. The topological polar surface area (TPSA) is 89.8 Å². The number of rotatable bonds is 10. The van der Waals surface area contributed by atoms with E-state index in [-0.39, 0.29) is 11.5 Å². The Morgan fingerprint density at radius 3 is 2.61 bits per heavy atom. The first-order chi connectivity index (χ1) is 22.3. The normalized spacial score (nSPS) is 22.0. The van der Waals surface area contributed by atoms with Crippen molar-refractivity contribution in [1.29, 1.82) is 0 Å². The van der Waals surface area contributed by atoms with Gasteiger partial charge >= 0.3 is 0 Å². The minimum Gasteiger partial charge on any atom is -0.493 e. The number of nitrogens with zero attached hydrogens (tertiary/aromatic N) is 4. The van der Waals surface area contributed by atoms with Gasteiger partial charge in [0.2, 0.25) is 5.88 Å². The zero-order valence-corrected chi connectivity index (χ0v) is 29.1. The van der Waals surface area contributed by atoms with Gasteiger partial charge in [-0.2, -0.15) is 0 Å². The van der Waals surface area contributed by atoms with Gasteiger partial charge < -0.3 is 25.0 Å². The molecule has 1 amide bonds. The molecular weight excluding hydrogens is 618 g/mol. The molecule has 4 aliphatic rings. The van der Waals surface area contributed by atoms with Gasteiger partial charge in [-0.25, -0.2) is 9.98 Å². The SMILES string of the molecule is C\C=C(/N=C\C(=C\CC)Sc1cccc(NC(=O)/C(C=C2CCC2)=C(O)/N=C2/CCCCN2C)c1Cl)N1CCC2(CCOC2)CC1. The maximum Gasteiger partial charge on any atom is 0.261 e. The Bertz CT molecular complexity index is 1440. The van der Waals surface area contributed by atoms with Crippen LogP contribution in [0.2, 0.25) is 5.02 Å². The second-order valence-corrected chi connectivity index (χ2v) is 14.2. The maximum absolute atomic E-state index is 13.6. The average Bonchev–Trinajstić information content (AvgIpc) is 3.48. The Labute approximate surface area is 283 Å². The predicted molar refractivity (Wildman–Crippen MR) is 191 cm³/mol. The molecule has 1 aromatic rings. The van der Waals surface area contributed by atoms with Crippen molar-refractivity contribution in [2.24, 2.45) is 15.4 Å². The Balaban J connectivity index is 1.29. The Morgan fingerprint density at radius 2 is 1.96 bits per heavy atom. The highest BCUT2D eigenvalue weighted by molar-refractivity contribution is 8.04. The highest BCUT2D eigenvalue weighted by atomic mass is 35.5. The average molecular weight is 666 g/mol. The van der Waals surface area contributed by atoms with Crippen LogP contribution in [0.3, 0.4) is 0 Å². The van der Waals surface area contributed by atoms with Crippen LogP contribution in [0.1, 0.15) is 78.1 Å². The fourth-order valence-electron chi connectivity index (χ4n) is 6.28. The van der Waals surface area contributed by atoms with E-state index in [4.69, 9.17) is 21.3 Å². The van der Waals surface area contributed by atoms with Gasteiger partial charge in [0.05, 0.1) is 17.3 Å². The van der Waals surface area contributed by atoms with Crippen molar-refractivity contribution in [2.45, 2.75) is 83.0 Å². The van der Waals surface area contributed by atoms with Crippen molar-refractivity contribution in [1.82, 2.24) is 9.80 Å². The summed E-state index contributed by atoms with van der Waals surface area (Å²) in [5.74, 6) is 1.08. The number of benzene rings is 1. The lowest BCUT2D eigenvalue weighted by molar-refractivity contribution is -0.112. The molecule has 1 aliphatic carbocycles. The molecule has 5 rings (SSSR count). The number of likely N-dealkylation sites (tertiary alicyclic amines) is 2. The summed E-state index contributed by atoms with van der Waals surface area (Å²) in [6.07, 6.45) is 18.0. The molecule has 0 unspecified atom stereocenters. The lowest BCUT2D eigenvalue weighted by Gasteiger charge is -2.39. The van der Waals surface area contributed by atoms with Gasteiger partial charge in [-0.05, 0) is 94.4 Å². The number of hydrogen-bond donors (Lipinski definition) is 2. The van der Waals surface area contributed by atoms with Crippen molar-refractivity contribution >= 4 is 47.0 Å². The van der Waals surface area contributed by atoms with Crippen molar-refractivity contribution in [3.63, 3.8) is 0 Å². The number of aliphatic hydroxyl groups excluding tert-OH is 1. The van der Waals surface area contributed by atoms with Crippen LogP contribution in [0, 0.1) is 5.41 Å². The number of carbonyl (C=O) groups is 1. The van der Waals surface area contributed by atoms with Crippen LogP contribution < -0.4 is 5.32 Å². The molecule has 1 spiro atoms. The van der Waals surface area contributed by atoms with Gasteiger partial charge in [0.1, 0.15) is 17.2 Å². The fourth-order valence-corrected chi connectivity index (χ4v) is 7.53. The summed E-state index contributed by atoms with van der Waals surface area (Å²) in [4.78, 5) is 29.2. The second-order valence-electron chi connectivity index (χ2n) is 12.7. The van der Waals surface area contributed by atoms with E-state index in [1.165, 1.54) is 18.2 Å². The number of aliphatic imine (C=N–C) groups is 2. The molecular formula is C36H48ClN5O3S. The van der Waals surface area contributed by atoms with E-state index in [9.17, 15) is 9.90 Å². The predicted octanol–water partition coefficient (Wildman–Crippen LogP) is 8.49. The molecule has 4 fully saturated rings.